The number of ether oxygens (including phenoxy) is 1. The van der Waals surface area contributed by atoms with Crippen LogP contribution < -0.4 is 4.74 Å². The average molecular weight is 443 g/mol. The van der Waals surface area contributed by atoms with E-state index < -0.39 is 0 Å². The van der Waals surface area contributed by atoms with Crippen molar-refractivity contribution in [1.29, 1.82) is 0 Å². The van der Waals surface area contributed by atoms with Gasteiger partial charge in [-0.3, -0.25) is 0 Å². The molecule has 1 heteroatoms. The van der Waals surface area contributed by atoms with Crippen LogP contribution in [-0.2, 0) is 0 Å². The lowest BCUT2D eigenvalue weighted by molar-refractivity contribution is 0.113. The summed E-state index contributed by atoms with van der Waals surface area (Å²) in [6, 6.07) is 17.1. The van der Waals surface area contributed by atoms with Gasteiger partial charge in [0.25, 0.3) is 0 Å². The topological polar surface area (TPSA) is 9.23 Å². The van der Waals surface area contributed by atoms with Gasteiger partial charge < -0.3 is 4.74 Å². The molecule has 0 amide bonds. The molecule has 0 aromatic heterocycles. The van der Waals surface area contributed by atoms with E-state index in [1.54, 1.807) is 7.11 Å². The molecule has 0 spiro atoms. The molecule has 0 radical (unpaired) electrons. The number of methoxy groups -OCH3 is 1. The van der Waals surface area contributed by atoms with Gasteiger partial charge in [0.15, 0.2) is 0 Å². The van der Waals surface area contributed by atoms with Gasteiger partial charge in [-0.15, -0.1) is 0 Å². The second kappa shape index (κ2) is 12.3. The first kappa shape index (κ1) is 23.9. The van der Waals surface area contributed by atoms with Gasteiger partial charge in [0.2, 0.25) is 0 Å². The lowest BCUT2D eigenvalue weighted by Crippen LogP contribution is -2.30. The van der Waals surface area contributed by atoms with Crippen LogP contribution in [0.15, 0.2) is 48.5 Å². The summed E-state index contributed by atoms with van der Waals surface area (Å²) in [4.78, 5) is 0. The highest BCUT2D eigenvalue weighted by molar-refractivity contribution is 5.45. The second-order valence-electron chi connectivity index (χ2n) is 10.5. The first-order valence-electron chi connectivity index (χ1n) is 13.5. The van der Waals surface area contributed by atoms with Crippen LogP contribution in [0, 0.1) is 29.6 Å². The number of hydrogen-bond donors (Lipinski definition) is 0. The Kier molecular flexibility index (Phi) is 8.93. The van der Waals surface area contributed by atoms with E-state index in [-0.39, 0.29) is 0 Å². The van der Waals surface area contributed by atoms with E-state index in [1.165, 1.54) is 82.6 Å². The molecule has 0 heterocycles. The van der Waals surface area contributed by atoms with E-state index >= 15 is 0 Å². The molecular formula is C32H42O. The van der Waals surface area contributed by atoms with Crippen molar-refractivity contribution in [3.63, 3.8) is 0 Å². The van der Waals surface area contributed by atoms with Crippen molar-refractivity contribution in [1.82, 2.24) is 0 Å². The largest absolute Gasteiger partial charge is 0.497 e. The SMILES string of the molecule is CCCCCCCC1CC[C@@H]2C[C@H](c3ccc(C#Cc4ccc(OC)cc4)cc3)CC[C@@H]2C1. The van der Waals surface area contributed by atoms with Gasteiger partial charge in [-0.1, -0.05) is 75.8 Å². The summed E-state index contributed by atoms with van der Waals surface area (Å²) >= 11 is 0. The van der Waals surface area contributed by atoms with Crippen molar-refractivity contribution in [3.8, 4) is 17.6 Å². The minimum atomic E-state index is 0.750. The van der Waals surface area contributed by atoms with E-state index in [0.29, 0.717) is 0 Å². The summed E-state index contributed by atoms with van der Waals surface area (Å²) in [7, 11) is 1.69. The lowest BCUT2D eigenvalue weighted by Gasteiger charge is -2.42. The molecule has 2 aromatic rings. The van der Waals surface area contributed by atoms with Crippen LogP contribution in [-0.4, -0.2) is 7.11 Å². The Morgan fingerprint density at radius 3 is 2.06 bits per heavy atom. The van der Waals surface area contributed by atoms with Gasteiger partial charge >= 0.3 is 0 Å². The fourth-order valence-corrected chi connectivity index (χ4v) is 6.25. The van der Waals surface area contributed by atoms with Gasteiger partial charge in [0, 0.05) is 11.1 Å². The molecule has 2 saturated carbocycles. The Hall–Kier alpha value is -2.20. The molecule has 0 bridgehead atoms. The molecule has 4 rings (SSSR count). The van der Waals surface area contributed by atoms with Gasteiger partial charge in [0.05, 0.1) is 7.11 Å². The number of fused-ring (bicyclic) bond motifs is 1. The quantitative estimate of drug-likeness (QED) is 0.293. The van der Waals surface area contributed by atoms with Gasteiger partial charge in [-0.05, 0) is 97.7 Å². The summed E-state index contributed by atoms with van der Waals surface area (Å²) < 4.78 is 5.22. The Morgan fingerprint density at radius 1 is 0.727 bits per heavy atom. The van der Waals surface area contributed by atoms with E-state index in [1.807, 2.05) is 24.3 Å². The minimum Gasteiger partial charge on any atom is -0.497 e. The lowest BCUT2D eigenvalue weighted by atomic mass is 9.63. The number of hydrogen-bond acceptors (Lipinski definition) is 1. The third-order valence-corrected chi connectivity index (χ3v) is 8.26. The standard InChI is InChI=1S/C32H42O/c1-3-4-5-6-7-8-27-13-18-31-24-30(20-19-29(31)23-27)28-16-11-25(12-17-28)9-10-26-14-21-32(33-2)22-15-26/h11-12,14-17,21-22,27,29-31H,3-8,13,18-20,23-24H2,1-2H3/t27?,29-,30-,31-/m1/s1. The average Bonchev–Trinajstić information content (AvgIpc) is 2.87. The number of rotatable bonds is 8. The maximum Gasteiger partial charge on any atom is 0.118 e. The van der Waals surface area contributed by atoms with Crippen LogP contribution in [0.4, 0.5) is 0 Å². The van der Waals surface area contributed by atoms with Crippen molar-refractivity contribution in [2.45, 2.75) is 89.9 Å². The van der Waals surface area contributed by atoms with E-state index in [4.69, 9.17) is 4.74 Å². The van der Waals surface area contributed by atoms with E-state index in [9.17, 15) is 0 Å². The van der Waals surface area contributed by atoms with Crippen LogP contribution in [0.3, 0.4) is 0 Å². The van der Waals surface area contributed by atoms with Crippen molar-refractivity contribution in [3.05, 3.63) is 65.2 Å². The smallest absolute Gasteiger partial charge is 0.118 e. The van der Waals surface area contributed by atoms with Crippen molar-refractivity contribution in [2.75, 3.05) is 7.11 Å². The highest BCUT2D eigenvalue weighted by Crippen LogP contribution is 2.48. The molecule has 33 heavy (non-hydrogen) atoms. The number of unbranched alkanes of at least 4 members (excludes halogenated alkanes) is 4. The molecule has 1 nitrogen and oxygen atoms in total. The Bertz CT molecular complexity index is 898. The van der Waals surface area contributed by atoms with Crippen LogP contribution in [0.2, 0.25) is 0 Å². The van der Waals surface area contributed by atoms with Crippen molar-refractivity contribution < 1.29 is 4.74 Å². The van der Waals surface area contributed by atoms with E-state index in [0.717, 1.165) is 40.5 Å². The summed E-state index contributed by atoms with van der Waals surface area (Å²) in [6.07, 6.45) is 17.4. The molecule has 2 aromatic carbocycles. The number of benzene rings is 2. The minimum absolute atomic E-state index is 0.750. The zero-order chi connectivity index (χ0) is 22.9. The molecule has 2 fully saturated rings. The predicted molar refractivity (Wildman–Crippen MR) is 140 cm³/mol. The summed E-state index contributed by atoms with van der Waals surface area (Å²) in [5.74, 6) is 11.2. The summed E-state index contributed by atoms with van der Waals surface area (Å²) in [5.41, 5.74) is 3.65. The Labute approximate surface area is 202 Å². The fraction of sp³-hybridized carbons (Fsp3) is 0.562. The molecule has 0 aliphatic heterocycles. The Balaban J connectivity index is 1.25. The molecule has 4 atom stereocenters. The van der Waals surface area contributed by atoms with Gasteiger partial charge in [-0.2, -0.15) is 0 Å². The van der Waals surface area contributed by atoms with Gasteiger partial charge in [-0.25, -0.2) is 0 Å². The molecule has 0 N–H and O–H groups in total. The third kappa shape index (κ3) is 6.89. The highest BCUT2D eigenvalue weighted by atomic mass is 16.5. The third-order valence-electron chi connectivity index (χ3n) is 8.26. The normalized spacial score (nSPS) is 24.4. The molecule has 0 saturated heterocycles. The second-order valence-corrected chi connectivity index (χ2v) is 10.5. The molecule has 2 aliphatic rings. The zero-order valence-electron chi connectivity index (χ0n) is 20.8. The zero-order valence-corrected chi connectivity index (χ0v) is 20.8. The monoisotopic (exact) mass is 442 g/mol. The van der Waals surface area contributed by atoms with Crippen LogP contribution in [0.5, 0.6) is 5.75 Å². The van der Waals surface area contributed by atoms with Crippen LogP contribution in [0.25, 0.3) is 0 Å². The van der Waals surface area contributed by atoms with Crippen LogP contribution >= 0.6 is 0 Å². The van der Waals surface area contributed by atoms with E-state index in [2.05, 4.69) is 43.0 Å². The van der Waals surface area contributed by atoms with Gasteiger partial charge in [0.1, 0.15) is 5.75 Å². The molecular weight excluding hydrogens is 400 g/mol. The molecule has 1 unspecified atom stereocenters. The van der Waals surface area contributed by atoms with Crippen molar-refractivity contribution in [2.24, 2.45) is 17.8 Å². The fourth-order valence-electron chi connectivity index (χ4n) is 6.25. The highest BCUT2D eigenvalue weighted by Gasteiger charge is 2.35. The maximum absolute atomic E-state index is 5.22. The van der Waals surface area contributed by atoms with Crippen LogP contribution in [0.1, 0.15) is 107 Å². The first-order chi connectivity index (χ1) is 16.2. The maximum atomic E-state index is 5.22. The molecule has 176 valence electrons. The summed E-state index contributed by atoms with van der Waals surface area (Å²) in [5, 5.41) is 0. The summed E-state index contributed by atoms with van der Waals surface area (Å²) in [6.45, 7) is 2.31. The van der Waals surface area contributed by atoms with Crippen molar-refractivity contribution >= 4 is 0 Å². The molecule has 2 aliphatic carbocycles. The Morgan fingerprint density at radius 2 is 1.36 bits per heavy atom. The first-order valence-corrected chi connectivity index (χ1v) is 13.5. The predicted octanol–water partition coefficient (Wildman–Crippen LogP) is 8.76.